The van der Waals surface area contributed by atoms with Gasteiger partial charge >= 0.3 is 0 Å². The van der Waals surface area contributed by atoms with E-state index >= 15 is 0 Å². The van der Waals surface area contributed by atoms with Gasteiger partial charge in [0.25, 0.3) is 5.91 Å². The molecule has 1 aliphatic heterocycles. The Morgan fingerprint density at radius 3 is 2.88 bits per heavy atom. The third-order valence-electron chi connectivity index (χ3n) is 4.34. The number of aryl methyl sites for hydroxylation is 1. The first kappa shape index (κ1) is 16.2. The molecule has 0 radical (unpaired) electrons. The number of benzene rings is 1. The molecule has 3 aromatic rings. The minimum atomic E-state index is -0.154. The highest BCUT2D eigenvalue weighted by Crippen LogP contribution is 2.18. The van der Waals surface area contributed by atoms with E-state index < -0.39 is 0 Å². The quantitative estimate of drug-likeness (QED) is 0.751. The fourth-order valence-corrected chi connectivity index (χ4v) is 2.97. The molecule has 0 aliphatic carbocycles. The molecule has 26 heavy (non-hydrogen) atoms. The maximum atomic E-state index is 12.4. The van der Waals surface area contributed by atoms with E-state index in [0.717, 1.165) is 36.6 Å². The van der Waals surface area contributed by atoms with Crippen molar-refractivity contribution in [1.29, 1.82) is 0 Å². The second kappa shape index (κ2) is 6.91. The molecule has 0 spiro atoms. The van der Waals surface area contributed by atoms with Gasteiger partial charge in [-0.1, -0.05) is 12.1 Å². The Labute approximate surface area is 150 Å². The number of hydrogen-bond acceptors (Lipinski definition) is 6. The van der Waals surface area contributed by atoms with Gasteiger partial charge in [-0.15, -0.1) is 10.2 Å². The van der Waals surface area contributed by atoms with E-state index in [2.05, 4.69) is 30.0 Å². The summed E-state index contributed by atoms with van der Waals surface area (Å²) >= 11 is 0. The van der Waals surface area contributed by atoms with Crippen molar-refractivity contribution in [2.45, 2.75) is 25.9 Å². The van der Waals surface area contributed by atoms with Crippen LogP contribution >= 0.6 is 0 Å². The molecule has 3 heterocycles. The van der Waals surface area contributed by atoms with Crippen molar-refractivity contribution >= 4 is 5.91 Å². The van der Waals surface area contributed by atoms with Gasteiger partial charge in [-0.3, -0.25) is 4.79 Å². The lowest BCUT2D eigenvalue weighted by molar-refractivity contribution is 0.0949. The average molecular weight is 350 g/mol. The molecule has 4 rings (SSSR count). The number of rotatable bonds is 5. The fraction of sp³-hybridized carbons (Fsp3) is 0.278. The van der Waals surface area contributed by atoms with E-state index in [4.69, 9.17) is 4.74 Å². The molecule has 1 amide bonds. The summed E-state index contributed by atoms with van der Waals surface area (Å²) in [6, 6.07) is 8.83. The molecule has 1 N–H and O–H groups in total. The normalized spacial score (nSPS) is 12.7. The number of ether oxygens (including phenoxy) is 1. The van der Waals surface area contributed by atoms with E-state index in [1.807, 2.05) is 12.1 Å². The summed E-state index contributed by atoms with van der Waals surface area (Å²) in [4.78, 5) is 20.9. The number of methoxy groups -OCH3 is 1. The minimum Gasteiger partial charge on any atom is -0.481 e. The molecule has 0 saturated carbocycles. The van der Waals surface area contributed by atoms with E-state index in [9.17, 15) is 4.79 Å². The Hall–Kier alpha value is -3.29. The maximum absolute atomic E-state index is 12.4. The van der Waals surface area contributed by atoms with E-state index in [-0.39, 0.29) is 5.91 Å². The lowest BCUT2D eigenvalue weighted by Crippen LogP contribution is -2.24. The van der Waals surface area contributed by atoms with Crippen LogP contribution in [0.5, 0.6) is 5.88 Å². The average Bonchev–Trinajstić information content (AvgIpc) is 3.30. The fourth-order valence-electron chi connectivity index (χ4n) is 2.97. The van der Waals surface area contributed by atoms with Crippen molar-refractivity contribution in [1.82, 2.24) is 30.0 Å². The molecule has 1 aliphatic rings. The van der Waals surface area contributed by atoms with Crippen LogP contribution in [0.25, 0.3) is 11.4 Å². The first-order chi connectivity index (χ1) is 12.7. The first-order valence-electron chi connectivity index (χ1n) is 8.41. The Morgan fingerprint density at radius 2 is 2.08 bits per heavy atom. The largest absolute Gasteiger partial charge is 0.481 e. The van der Waals surface area contributed by atoms with E-state index in [1.54, 1.807) is 31.5 Å². The van der Waals surface area contributed by atoms with Gasteiger partial charge in [-0.25, -0.2) is 4.98 Å². The molecular formula is C18H18N6O2. The zero-order valence-corrected chi connectivity index (χ0v) is 14.3. The highest BCUT2D eigenvalue weighted by atomic mass is 16.5. The number of nitrogens with zero attached hydrogens (tertiary/aromatic N) is 5. The van der Waals surface area contributed by atoms with Crippen LogP contribution in [0.3, 0.4) is 0 Å². The van der Waals surface area contributed by atoms with Crippen molar-refractivity contribution in [3.8, 4) is 17.3 Å². The second-order valence-electron chi connectivity index (χ2n) is 5.97. The van der Waals surface area contributed by atoms with E-state index in [1.165, 1.54) is 0 Å². The summed E-state index contributed by atoms with van der Waals surface area (Å²) in [5, 5.41) is 11.2. The van der Waals surface area contributed by atoms with Crippen LogP contribution in [0.2, 0.25) is 0 Å². The Kier molecular flexibility index (Phi) is 4.30. The Bertz CT molecular complexity index is 935. The Balaban J connectivity index is 1.43. The summed E-state index contributed by atoms with van der Waals surface area (Å²) in [5.41, 5.74) is 1.38. The summed E-state index contributed by atoms with van der Waals surface area (Å²) in [6.07, 6.45) is 3.67. The third-order valence-corrected chi connectivity index (χ3v) is 4.34. The number of amides is 1. The zero-order chi connectivity index (χ0) is 17.9. The van der Waals surface area contributed by atoms with Crippen molar-refractivity contribution < 1.29 is 9.53 Å². The standard InChI is InChI=1S/C18H18N6O2/c1-26-16-8-9-19-17(21-16)12-4-6-13(7-5-12)18(25)20-11-15-23-22-14-3-2-10-24(14)15/h4-9H,2-3,10-11H2,1H3,(H,20,25). The van der Waals surface area contributed by atoms with Crippen LogP contribution in [-0.4, -0.2) is 37.7 Å². The third kappa shape index (κ3) is 3.13. The number of nitrogens with one attached hydrogen (secondary N) is 1. The SMILES string of the molecule is COc1ccnc(-c2ccc(C(=O)NCc3nnc4n3CCC4)cc2)n1. The highest BCUT2D eigenvalue weighted by molar-refractivity contribution is 5.94. The van der Waals surface area contributed by atoms with Crippen LogP contribution in [-0.2, 0) is 19.5 Å². The molecule has 2 aromatic heterocycles. The molecule has 0 atom stereocenters. The van der Waals surface area contributed by atoms with Crippen LogP contribution in [0.4, 0.5) is 0 Å². The topological polar surface area (TPSA) is 94.8 Å². The predicted molar refractivity (Wildman–Crippen MR) is 93.5 cm³/mol. The molecule has 0 bridgehead atoms. The summed E-state index contributed by atoms with van der Waals surface area (Å²) < 4.78 is 7.18. The lowest BCUT2D eigenvalue weighted by atomic mass is 10.1. The number of carbonyl (C=O) groups is 1. The van der Waals surface area contributed by atoms with Gasteiger partial charge in [0.1, 0.15) is 5.82 Å². The van der Waals surface area contributed by atoms with Gasteiger partial charge in [0, 0.05) is 36.4 Å². The van der Waals surface area contributed by atoms with Crippen molar-refractivity contribution in [2.75, 3.05) is 7.11 Å². The monoisotopic (exact) mass is 350 g/mol. The second-order valence-corrected chi connectivity index (χ2v) is 5.97. The number of hydrogen-bond donors (Lipinski definition) is 1. The van der Waals surface area contributed by atoms with Crippen LogP contribution in [0.1, 0.15) is 28.4 Å². The smallest absolute Gasteiger partial charge is 0.251 e. The molecule has 132 valence electrons. The lowest BCUT2D eigenvalue weighted by Gasteiger charge is -2.07. The summed E-state index contributed by atoms with van der Waals surface area (Å²) in [7, 11) is 1.56. The van der Waals surface area contributed by atoms with Crippen molar-refractivity contribution in [3.05, 3.63) is 53.7 Å². The number of carbonyl (C=O) groups excluding carboxylic acids is 1. The molecule has 0 unspecified atom stereocenters. The van der Waals surface area contributed by atoms with Crippen LogP contribution < -0.4 is 10.1 Å². The first-order valence-corrected chi connectivity index (χ1v) is 8.41. The van der Waals surface area contributed by atoms with Gasteiger partial charge in [0.15, 0.2) is 11.6 Å². The highest BCUT2D eigenvalue weighted by Gasteiger charge is 2.17. The summed E-state index contributed by atoms with van der Waals surface area (Å²) in [5.74, 6) is 2.69. The molecule has 8 nitrogen and oxygen atoms in total. The van der Waals surface area contributed by atoms with Crippen LogP contribution in [0, 0.1) is 0 Å². The number of aromatic nitrogens is 5. The molecule has 1 aromatic carbocycles. The van der Waals surface area contributed by atoms with Gasteiger partial charge in [0.2, 0.25) is 5.88 Å². The molecule has 0 fully saturated rings. The van der Waals surface area contributed by atoms with Gasteiger partial charge in [-0.05, 0) is 18.6 Å². The molecule has 0 saturated heterocycles. The maximum Gasteiger partial charge on any atom is 0.251 e. The van der Waals surface area contributed by atoms with Gasteiger partial charge in [0.05, 0.1) is 13.7 Å². The Morgan fingerprint density at radius 1 is 1.23 bits per heavy atom. The summed E-state index contributed by atoms with van der Waals surface area (Å²) in [6.45, 7) is 1.29. The molecular weight excluding hydrogens is 332 g/mol. The molecule has 8 heteroatoms. The van der Waals surface area contributed by atoms with E-state index in [0.29, 0.717) is 23.8 Å². The van der Waals surface area contributed by atoms with Crippen molar-refractivity contribution in [3.63, 3.8) is 0 Å². The minimum absolute atomic E-state index is 0.154. The number of fused-ring (bicyclic) bond motifs is 1. The van der Waals surface area contributed by atoms with Gasteiger partial charge < -0.3 is 14.6 Å². The van der Waals surface area contributed by atoms with Gasteiger partial charge in [-0.2, -0.15) is 4.98 Å². The predicted octanol–water partition coefficient (Wildman–Crippen LogP) is 1.62. The zero-order valence-electron chi connectivity index (χ0n) is 14.3. The van der Waals surface area contributed by atoms with Crippen molar-refractivity contribution in [2.24, 2.45) is 0 Å². The van der Waals surface area contributed by atoms with Crippen LogP contribution in [0.15, 0.2) is 36.5 Å².